The average molecular weight is 200 g/mol. The number of hydrogen-bond donors (Lipinski definition) is 1. The quantitative estimate of drug-likeness (QED) is 0.703. The molecule has 0 rings (SSSR count). The van der Waals surface area contributed by atoms with Crippen LogP contribution in [0.3, 0.4) is 0 Å². The predicted molar refractivity (Wildman–Crippen MR) is 62.1 cm³/mol. The maximum atomic E-state index is 10.4. The van der Waals surface area contributed by atoms with Crippen LogP contribution in [0.4, 0.5) is 0 Å². The number of nitrogens with zero attached hydrogens (tertiary/aromatic N) is 1. The van der Waals surface area contributed by atoms with Crippen LogP contribution in [0.15, 0.2) is 11.6 Å². The largest absolute Gasteiger partial charge is 0.366 e. The van der Waals surface area contributed by atoms with Crippen LogP contribution < -0.4 is 5.73 Å². The van der Waals surface area contributed by atoms with Gasteiger partial charge >= 0.3 is 0 Å². The van der Waals surface area contributed by atoms with E-state index in [2.05, 4.69) is 32.8 Å². The van der Waals surface area contributed by atoms with Gasteiger partial charge in [0.2, 0.25) is 5.91 Å². The summed E-state index contributed by atoms with van der Waals surface area (Å²) in [6.07, 6.45) is 3.86. The SMILES string of the molecule is CCC/C=C(\C)C(N)=O.CCN(C)C. The number of carbonyl (C=O) groups is 1. The van der Waals surface area contributed by atoms with Crippen molar-refractivity contribution >= 4 is 5.91 Å². The molecule has 0 bridgehead atoms. The molecular weight excluding hydrogens is 176 g/mol. The van der Waals surface area contributed by atoms with Gasteiger partial charge in [-0.2, -0.15) is 0 Å². The number of primary amides is 1. The lowest BCUT2D eigenvalue weighted by atomic mass is 10.2. The van der Waals surface area contributed by atoms with Gasteiger partial charge in [0.15, 0.2) is 0 Å². The smallest absolute Gasteiger partial charge is 0.244 e. The summed E-state index contributed by atoms with van der Waals surface area (Å²) in [5.74, 6) is -0.316. The highest BCUT2D eigenvalue weighted by atomic mass is 16.1. The molecule has 0 aliphatic rings. The number of allylic oxidation sites excluding steroid dienone is 1. The first kappa shape index (κ1) is 15.6. The number of amides is 1. The van der Waals surface area contributed by atoms with Gasteiger partial charge in [0.05, 0.1) is 0 Å². The second kappa shape index (κ2) is 10.3. The molecular formula is C11H24N2O. The van der Waals surface area contributed by atoms with Crippen molar-refractivity contribution in [1.29, 1.82) is 0 Å². The van der Waals surface area contributed by atoms with E-state index in [1.165, 1.54) is 0 Å². The molecule has 0 fully saturated rings. The summed E-state index contributed by atoms with van der Waals surface area (Å²) in [5.41, 5.74) is 5.63. The lowest BCUT2D eigenvalue weighted by molar-refractivity contribution is -0.114. The minimum atomic E-state index is -0.316. The zero-order valence-corrected chi connectivity index (χ0v) is 10.1. The Labute approximate surface area is 88.0 Å². The summed E-state index contributed by atoms with van der Waals surface area (Å²) < 4.78 is 0. The Morgan fingerprint density at radius 3 is 2.00 bits per heavy atom. The first-order valence-corrected chi connectivity index (χ1v) is 5.06. The maximum Gasteiger partial charge on any atom is 0.244 e. The molecule has 84 valence electrons. The molecule has 2 N–H and O–H groups in total. The minimum absolute atomic E-state index is 0.316. The Bertz CT molecular complexity index is 174. The van der Waals surface area contributed by atoms with Crippen molar-refractivity contribution in [2.45, 2.75) is 33.6 Å². The number of carbonyl (C=O) groups excluding carboxylic acids is 1. The highest BCUT2D eigenvalue weighted by molar-refractivity contribution is 5.91. The number of unbranched alkanes of at least 4 members (excludes halogenated alkanes) is 1. The van der Waals surface area contributed by atoms with E-state index in [-0.39, 0.29) is 5.91 Å². The second-order valence-corrected chi connectivity index (χ2v) is 3.44. The molecule has 14 heavy (non-hydrogen) atoms. The van der Waals surface area contributed by atoms with E-state index in [4.69, 9.17) is 5.73 Å². The Kier molecular flexibility index (Phi) is 11.4. The Balaban J connectivity index is 0. The Morgan fingerprint density at radius 2 is 1.79 bits per heavy atom. The Morgan fingerprint density at radius 1 is 1.36 bits per heavy atom. The molecule has 0 aromatic carbocycles. The van der Waals surface area contributed by atoms with Gasteiger partial charge in [0, 0.05) is 5.57 Å². The predicted octanol–water partition coefficient (Wildman–Crippen LogP) is 1.79. The molecule has 3 heteroatoms. The second-order valence-electron chi connectivity index (χ2n) is 3.44. The minimum Gasteiger partial charge on any atom is -0.366 e. The highest BCUT2D eigenvalue weighted by Gasteiger charge is 1.93. The van der Waals surface area contributed by atoms with Crippen molar-refractivity contribution in [3.8, 4) is 0 Å². The first-order valence-electron chi connectivity index (χ1n) is 5.06. The monoisotopic (exact) mass is 200 g/mol. The van der Waals surface area contributed by atoms with Gasteiger partial charge in [-0.05, 0) is 34.0 Å². The zero-order chi connectivity index (χ0) is 11.6. The Hall–Kier alpha value is -0.830. The van der Waals surface area contributed by atoms with Crippen molar-refractivity contribution in [1.82, 2.24) is 4.90 Å². The van der Waals surface area contributed by atoms with Gasteiger partial charge in [-0.25, -0.2) is 0 Å². The molecule has 0 radical (unpaired) electrons. The zero-order valence-electron chi connectivity index (χ0n) is 10.1. The molecule has 0 aliphatic carbocycles. The van der Waals surface area contributed by atoms with Crippen molar-refractivity contribution < 1.29 is 4.79 Å². The fourth-order valence-corrected chi connectivity index (χ4v) is 0.461. The summed E-state index contributed by atoms with van der Waals surface area (Å²) in [4.78, 5) is 12.5. The molecule has 3 nitrogen and oxygen atoms in total. The molecule has 1 amide bonds. The van der Waals surface area contributed by atoms with Crippen molar-refractivity contribution in [3.63, 3.8) is 0 Å². The van der Waals surface area contributed by atoms with Gasteiger partial charge in [0.25, 0.3) is 0 Å². The van der Waals surface area contributed by atoms with Crippen molar-refractivity contribution in [2.24, 2.45) is 5.73 Å². The van der Waals surface area contributed by atoms with E-state index in [1.807, 2.05) is 6.08 Å². The molecule has 0 heterocycles. The van der Waals surface area contributed by atoms with Crippen molar-refractivity contribution in [2.75, 3.05) is 20.6 Å². The topological polar surface area (TPSA) is 46.3 Å². The van der Waals surface area contributed by atoms with Gasteiger partial charge in [-0.3, -0.25) is 4.79 Å². The number of hydrogen-bond acceptors (Lipinski definition) is 2. The molecule has 0 aromatic rings. The molecule has 0 saturated carbocycles. The summed E-state index contributed by atoms with van der Waals surface area (Å²) >= 11 is 0. The van der Waals surface area contributed by atoms with E-state index in [9.17, 15) is 4.79 Å². The van der Waals surface area contributed by atoms with Crippen LogP contribution in [0, 0.1) is 0 Å². The van der Waals surface area contributed by atoms with Crippen LogP contribution in [0.5, 0.6) is 0 Å². The van der Waals surface area contributed by atoms with E-state index in [0.29, 0.717) is 5.57 Å². The fourth-order valence-electron chi connectivity index (χ4n) is 0.461. The van der Waals surface area contributed by atoms with Gasteiger partial charge in [-0.15, -0.1) is 0 Å². The van der Waals surface area contributed by atoms with Crippen LogP contribution >= 0.6 is 0 Å². The standard InChI is InChI=1S/C7H13NO.C4H11N/c1-3-4-5-6(2)7(8)9;1-4-5(2)3/h5H,3-4H2,1-2H3,(H2,8,9);4H2,1-3H3/b6-5+;. The fraction of sp³-hybridized carbons (Fsp3) is 0.727. The molecule has 0 saturated heterocycles. The van der Waals surface area contributed by atoms with E-state index in [0.717, 1.165) is 19.4 Å². The lowest BCUT2D eigenvalue weighted by Crippen LogP contribution is -2.11. The van der Waals surface area contributed by atoms with Crippen LogP contribution in [-0.2, 0) is 4.79 Å². The van der Waals surface area contributed by atoms with E-state index < -0.39 is 0 Å². The molecule has 0 aromatic heterocycles. The summed E-state index contributed by atoms with van der Waals surface area (Å²) in [6, 6.07) is 0. The van der Waals surface area contributed by atoms with Crippen molar-refractivity contribution in [3.05, 3.63) is 11.6 Å². The summed E-state index contributed by atoms with van der Waals surface area (Å²) in [6.45, 7) is 7.06. The van der Waals surface area contributed by atoms with Gasteiger partial charge in [-0.1, -0.05) is 26.3 Å². The molecule has 0 spiro atoms. The number of nitrogens with two attached hydrogens (primary N) is 1. The van der Waals surface area contributed by atoms with Crippen LogP contribution in [0.25, 0.3) is 0 Å². The average Bonchev–Trinajstić information content (AvgIpc) is 2.14. The lowest BCUT2D eigenvalue weighted by Gasteiger charge is -2.00. The van der Waals surface area contributed by atoms with Crippen LogP contribution in [0.1, 0.15) is 33.6 Å². The van der Waals surface area contributed by atoms with Gasteiger partial charge < -0.3 is 10.6 Å². The van der Waals surface area contributed by atoms with Crippen LogP contribution in [0.2, 0.25) is 0 Å². The third-order valence-corrected chi connectivity index (χ3v) is 1.76. The van der Waals surface area contributed by atoms with E-state index >= 15 is 0 Å². The van der Waals surface area contributed by atoms with E-state index in [1.54, 1.807) is 6.92 Å². The highest BCUT2D eigenvalue weighted by Crippen LogP contribution is 1.95. The third-order valence-electron chi connectivity index (χ3n) is 1.76. The molecule has 0 atom stereocenters. The first-order chi connectivity index (χ1) is 6.45. The summed E-state index contributed by atoms with van der Waals surface area (Å²) in [5, 5.41) is 0. The molecule has 0 unspecified atom stereocenters. The van der Waals surface area contributed by atoms with Gasteiger partial charge in [0.1, 0.15) is 0 Å². The normalized spacial score (nSPS) is 10.9. The maximum absolute atomic E-state index is 10.4. The van der Waals surface area contributed by atoms with Crippen LogP contribution in [-0.4, -0.2) is 31.4 Å². The summed E-state index contributed by atoms with van der Waals surface area (Å²) in [7, 11) is 4.11. The third kappa shape index (κ3) is 13.7. The molecule has 0 aliphatic heterocycles. The number of rotatable bonds is 4.